The van der Waals surface area contributed by atoms with E-state index in [1.54, 1.807) is 11.0 Å². The number of pyridine rings is 1. The third kappa shape index (κ3) is 2.22. The molecule has 0 aromatic carbocycles. The fourth-order valence-corrected chi connectivity index (χ4v) is 2.32. The zero-order valence-electron chi connectivity index (χ0n) is 10.1. The largest absolute Gasteiger partial charge is 0.437 e. The summed E-state index contributed by atoms with van der Waals surface area (Å²) in [6.07, 6.45) is -0.636. The number of aromatic nitrogens is 1. The van der Waals surface area contributed by atoms with Gasteiger partial charge in [0, 0.05) is 6.04 Å². The molecule has 2 rings (SSSR count). The summed E-state index contributed by atoms with van der Waals surface area (Å²) in [5, 5.41) is 0.411. The normalized spacial score (nSPS) is 24.3. The number of nitrogens with zero attached hydrogens (tertiary/aromatic N) is 2. The SMILES string of the molecule is CC(C)N1C(=O)O[C@H](c2cccc(Cl)n2)[C@@H]1C. The number of carbonyl (C=O) groups excluding carboxylic acids is 1. The molecule has 0 saturated carbocycles. The van der Waals surface area contributed by atoms with E-state index in [1.807, 2.05) is 32.9 Å². The van der Waals surface area contributed by atoms with Gasteiger partial charge in [0.15, 0.2) is 6.10 Å². The predicted octanol–water partition coefficient (Wildman–Crippen LogP) is 3.03. The van der Waals surface area contributed by atoms with Gasteiger partial charge in [-0.15, -0.1) is 0 Å². The molecule has 0 radical (unpaired) electrons. The van der Waals surface area contributed by atoms with E-state index in [-0.39, 0.29) is 24.3 Å². The van der Waals surface area contributed by atoms with Crippen molar-refractivity contribution in [2.75, 3.05) is 0 Å². The summed E-state index contributed by atoms with van der Waals surface area (Å²) in [6, 6.07) is 5.41. The van der Waals surface area contributed by atoms with Crippen LogP contribution in [-0.4, -0.2) is 28.1 Å². The van der Waals surface area contributed by atoms with Crippen LogP contribution < -0.4 is 0 Å². The minimum atomic E-state index is -0.344. The Kier molecular flexibility index (Phi) is 3.24. The Labute approximate surface area is 106 Å². The number of cyclic esters (lactones) is 1. The number of carbonyl (C=O) groups is 1. The van der Waals surface area contributed by atoms with Gasteiger partial charge in [0.1, 0.15) is 5.15 Å². The molecule has 92 valence electrons. The van der Waals surface area contributed by atoms with Crippen LogP contribution in [0, 0.1) is 0 Å². The Morgan fingerprint density at radius 2 is 2.18 bits per heavy atom. The van der Waals surface area contributed by atoms with Crippen molar-refractivity contribution >= 4 is 17.7 Å². The summed E-state index contributed by atoms with van der Waals surface area (Å²) in [6.45, 7) is 5.88. The van der Waals surface area contributed by atoms with Gasteiger partial charge < -0.3 is 4.74 Å². The lowest BCUT2D eigenvalue weighted by atomic mass is 10.1. The monoisotopic (exact) mass is 254 g/mol. The third-order valence-electron chi connectivity index (χ3n) is 2.90. The van der Waals surface area contributed by atoms with E-state index < -0.39 is 0 Å². The molecule has 0 bridgehead atoms. The average molecular weight is 255 g/mol. The lowest BCUT2D eigenvalue weighted by Crippen LogP contribution is -2.37. The first-order valence-electron chi connectivity index (χ1n) is 5.62. The smallest absolute Gasteiger partial charge is 0.411 e. The van der Waals surface area contributed by atoms with Crippen molar-refractivity contribution < 1.29 is 9.53 Å². The molecule has 2 atom stereocenters. The molecule has 5 heteroatoms. The number of halogens is 1. The van der Waals surface area contributed by atoms with Gasteiger partial charge in [0.05, 0.1) is 11.7 Å². The Morgan fingerprint density at radius 3 is 2.71 bits per heavy atom. The molecular formula is C12H15ClN2O2. The second-order valence-corrected chi connectivity index (χ2v) is 4.82. The van der Waals surface area contributed by atoms with Crippen molar-refractivity contribution in [3.05, 3.63) is 29.0 Å². The maximum Gasteiger partial charge on any atom is 0.411 e. The molecule has 4 nitrogen and oxygen atoms in total. The first-order chi connectivity index (χ1) is 8.00. The predicted molar refractivity (Wildman–Crippen MR) is 64.9 cm³/mol. The first-order valence-corrected chi connectivity index (χ1v) is 6.00. The molecule has 1 aliphatic heterocycles. The highest BCUT2D eigenvalue weighted by atomic mass is 35.5. The zero-order valence-corrected chi connectivity index (χ0v) is 10.8. The molecule has 2 heterocycles. The average Bonchev–Trinajstić information content (AvgIpc) is 2.54. The lowest BCUT2D eigenvalue weighted by molar-refractivity contribution is 0.127. The summed E-state index contributed by atoms with van der Waals surface area (Å²) in [4.78, 5) is 17.6. The molecule has 17 heavy (non-hydrogen) atoms. The van der Waals surface area contributed by atoms with Crippen LogP contribution in [0.1, 0.15) is 32.6 Å². The zero-order chi connectivity index (χ0) is 12.6. The molecule has 1 amide bonds. The molecule has 0 aliphatic carbocycles. The fraction of sp³-hybridized carbons (Fsp3) is 0.500. The van der Waals surface area contributed by atoms with Gasteiger partial charge in [-0.25, -0.2) is 9.78 Å². The highest BCUT2D eigenvalue weighted by Crippen LogP contribution is 2.32. The second kappa shape index (κ2) is 4.53. The van der Waals surface area contributed by atoms with Crippen LogP contribution >= 0.6 is 11.6 Å². The van der Waals surface area contributed by atoms with Crippen LogP contribution in [-0.2, 0) is 4.74 Å². The molecule has 1 aliphatic rings. The van der Waals surface area contributed by atoms with Gasteiger partial charge in [-0.05, 0) is 32.9 Å². The maximum absolute atomic E-state index is 11.7. The Morgan fingerprint density at radius 1 is 1.47 bits per heavy atom. The van der Waals surface area contributed by atoms with Gasteiger partial charge in [-0.1, -0.05) is 17.7 Å². The molecule has 0 spiro atoms. The second-order valence-electron chi connectivity index (χ2n) is 4.43. The highest BCUT2D eigenvalue weighted by Gasteiger charge is 2.41. The van der Waals surface area contributed by atoms with Gasteiger partial charge in [-0.3, -0.25) is 4.90 Å². The molecule has 0 unspecified atom stereocenters. The first kappa shape index (κ1) is 12.2. The van der Waals surface area contributed by atoms with Gasteiger partial charge in [0.25, 0.3) is 0 Å². The molecule has 1 aromatic heterocycles. The van der Waals surface area contributed by atoms with Crippen molar-refractivity contribution in [1.82, 2.24) is 9.88 Å². The van der Waals surface area contributed by atoms with Crippen molar-refractivity contribution in [1.29, 1.82) is 0 Å². The number of ether oxygens (including phenoxy) is 1. The van der Waals surface area contributed by atoms with Crippen molar-refractivity contribution in [3.8, 4) is 0 Å². The van der Waals surface area contributed by atoms with Crippen LogP contribution in [0.25, 0.3) is 0 Å². The number of amides is 1. The highest BCUT2D eigenvalue weighted by molar-refractivity contribution is 6.29. The van der Waals surface area contributed by atoms with E-state index in [1.165, 1.54) is 0 Å². The van der Waals surface area contributed by atoms with Crippen molar-refractivity contribution in [3.63, 3.8) is 0 Å². The third-order valence-corrected chi connectivity index (χ3v) is 3.11. The molecule has 0 N–H and O–H groups in total. The lowest BCUT2D eigenvalue weighted by Gasteiger charge is -2.24. The minimum Gasteiger partial charge on any atom is -0.437 e. The maximum atomic E-state index is 11.7. The van der Waals surface area contributed by atoms with Gasteiger partial charge in [0.2, 0.25) is 0 Å². The number of hydrogen-bond acceptors (Lipinski definition) is 3. The van der Waals surface area contributed by atoms with Crippen molar-refractivity contribution in [2.45, 2.75) is 39.0 Å². The molecule has 1 aromatic rings. The molecule has 1 saturated heterocycles. The van der Waals surface area contributed by atoms with E-state index in [2.05, 4.69) is 4.98 Å². The van der Waals surface area contributed by atoms with E-state index in [4.69, 9.17) is 16.3 Å². The standard InChI is InChI=1S/C12H15ClN2O2/c1-7(2)15-8(3)11(17-12(15)16)9-5-4-6-10(13)14-9/h4-8,11H,1-3H3/t8-,11-/m0/s1. The van der Waals surface area contributed by atoms with Crippen LogP contribution in [0.15, 0.2) is 18.2 Å². The van der Waals surface area contributed by atoms with E-state index in [9.17, 15) is 4.79 Å². The molecule has 1 fully saturated rings. The minimum absolute atomic E-state index is 0.0338. The summed E-state index contributed by atoms with van der Waals surface area (Å²) in [7, 11) is 0. The van der Waals surface area contributed by atoms with Crippen LogP contribution in [0.5, 0.6) is 0 Å². The van der Waals surface area contributed by atoms with Gasteiger partial charge in [-0.2, -0.15) is 0 Å². The van der Waals surface area contributed by atoms with Crippen LogP contribution in [0.2, 0.25) is 5.15 Å². The number of rotatable bonds is 2. The van der Waals surface area contributed by atoms with Crippen LogP contribution in [0.4, 0.5) is 4.79 Å². The van der Waals surface area contributed by atoms with E-state index in [0.717, 1.165) is 0 Å². The van der Waals surface area contributed by atoms with Gasteiger partial charge >= 0.3 is 6.09 Å². The molecular weight excluding hydrogens is 240 g/mol. The summed E-state index contributed by atoms with van der Waals surface area (Å²) >= 11 is 5.84. The quantitative estimate of drug-likeness (QED) is 0.762. The summed E-state index contributed by atoms with van der Waals surface area (Å²) in [5.74, 6) is 0. The summed E-state index contributed by atoms with van der Waals surface area (Å²) < 4.78 is 5.35. The van der Waals surface area contributed by atoms with Crippen molar-refractivity contribution in [2.24, 2.45) is 0 Å². The Bertz CT molecular complexity index is 436. The van der Waals surface area contributed by atoms with E-state index >= 15 is 0 Å². The fourth-order valence-electron chi connectivity index (χ4n) is 2.15. The Balaban J connectivity index is 2.27. The van der Waals surface area contributed by atoms with Crippen LogP contribution in [0.3, 0.4) is 0 Å². The Hall–Kier alpha value is -1.29. The summed E-state index contributed by atoms with van der Waals surface area (Å²) in [5.41, 5.74) is 0.696. The number of hydrogen-bond donors (Lipinski definition) is 0. The van der Waals surface area contributed by atoms with E-state index in [0.29, 0.717) is 10.8 Å². The topological polar surface area (TPSA) is 42.4 Å².